The Hall–Kier alpha value is -1.63. The summed E-state index contributed by atoms with van der Waals surface area (Å²) in [7, 11) is 0. The first kappa shape index (κ1) is 9.91. The molecule has 2 aromatic rings. The van der Waals surface area contributed by atoms with Gasteiger partial charge in [-0.3, -0.25) is 4.98 Å². The van der Waals surface area contributed by atoms with E-state index in [9.17, 15) is 0 Å². The predicted molar refractivity (Wildman–Crippen MR) is 63.8 cm³/mol. The molecule has 15 heavy (non-hydrogen) atoms. The average molecular weight is 197 g/mol. The highest BCUT2D eigenvalue weighted by Crippen LogP contribution is 2.27. The Morgan fingerprint density at radius 3 is 2.40 bits per heavy atom. The van der Waals surface area contributed by atoms with Crippen molar-refractivity contribution in [1.29, 1.82) is 0 Å². The highest BCUT2D eigenvalue weighted by Gasteiger charge is 2.07. The van der Waals surface area contributed by atoms with E-state index in [0.717, 1.165) is 0 Å². The largest absolute Gasteiger partial charge is 0.264 e. The quantitative estimate of drug-likeness (QED) is 0.712. The van der Waals surface area contributed by atoms with Gasteiger partial charge in [0, 0.05) is 12.4 Å². The van der Waals surface area contributed by atoms with E-state index in [1.807, 2.05) is 18.5 Å². The normalized spacial score (nSPS) is 10.6. The standard InChI is InChI=1S/C14H15N/c1-11(2)14-10-15-9-8-13(14)12-6-4-3-5-7-12/h3-11H,1-2H3. The van der Waals surface area contributed by atoms with Crippen molar-refractivity contribution in [1.82, 2.24) is 4.98 Å². The smallest absolute Gasteiger partial charge is 0.0308 e. The Balaban J connectivity index is 2.53. The fraction of sp³-hybridized carbons (Fsp3) is 0.214. The molecule has 2 rings (SSSR count). The van der Waals surface area contributed by atoms with Crippen LogP contribution in [0.3, 0.4) is 0 Å². The first-order chi connectivity index (χ1) is 7.29. The van der Waals surface area contributed by atoms with Crippen molar-refractivity contribution < 1.29 is 0 Å². The van der Waals surface area contributed by atoms with E-state index in [1.165, 1.54) is 16.7 Å². The molecule has 0 aliphatic carbocycles. The third-order valence-corrected chi connectivity index (χ3v) is 2.56. The zero-order chi connectivity index (χ0) is 10.7. The van der Waals surface area contributed by atoms with Gasteiger partial charge in [-0.1, -0.05) is 44.2 Å². The van der Waals surface area contributed by atoms with E-state index in [-0.39, 0.29) is 0 Å². The van der Waals surface area contributed by atoms with Gasteiger partial charge in [0.25, 0.3) is 0 Å². The first-order valence-electron chi connectivity index (χ1n) is 5.28. The topological polar surface area (TPSA) is 12.9 Å². The zero-order valence-electron chi connectivity index (χ0n) is 9.14. The Morgan fingerprint density at radius 2 is 1.73 bits per heavy atom. The van der Waals surface area contributed by atoms with Crippen LogP contribution in [-0.2, 0) is 0 Å². The first-order valence-corrected chi connectivity index (χ1v) is 5.28. The number of rotatable bonds is 2. The van der Waals surface area contributed by atoms with Gasteiger partial charge in [0.15, 0.2) is 0 Å². The molecule has 0 saturated heterocycles. The van der Waals surface area contributed by atoms with E-state index in [0.29, 0.717) is 5.92 Å². The second-order valence-electron chi connectivity index (χ2n) is 3.98. The van der Waals surface area contributed by atoms with Crippen LogP contribution in [0.5, 0.6) is 0 Å². The van der Waals surface area contributed by atoms with E-state index in [1.54, 1.807) is 0 Å². The molecule has 0 atom stereocenters. The molecule has 0 N–H and O–H groups in total. The SMILES string of the molecule is CC(C)c1cnccc1-c1ccccc1. The molecule has 1 aromatic carbocycles. The molecule has 0 unspecified atom stereocenters. The molecule has 0 fully saturated rings. The van der Waals surface area contributed by atoms with Crippen LogP contribution in [0.1, 0.15) is 25.3 Å². The Kier molecular flexibility index (Phi) is 2.82. The summed E-state index contributed by atoms with van der Waals surface area (Å²) in [5, 5.41) is 0. The molecular formula is C14H15N. The molecule has 0 aliphatic rings. The number of pyridine rings is 1. The maximum atomic E-state index is 4.19. The molecule has 76 valence electrons. The minimum Gasteiger partial charge on any atom is -0.264 e. The maximum Gasteiger partial charge on any atom is 0.0308 e. The molecule has 0 spiro atoms. The molecule has 1 heteroatoms. The van der Waals surface area contributed by atoms with Crippen molar-refractivity contribution in [2.24, 2.45) is 0 Å². The lowest BCUT2D eigenvalue weighted by atomic mass is 9.95. The Bertz CT molecular complexity index is 432. The maximum absolute atomic E-state index is 4.19. The molecule has 0 saturated carbocycles. The fourth-order valence-corrected chi connectivity index (χ4v) is 1.75. The van der Waals surface area contributed by atoms with Crippen molar-refractivity contribution in [2.45, 2.75) is 19.8 Å². The van der Waals surface area contributed by atoms with Gasteiger partial charge in [0.1, 0.15) is 0 Å². The summed E-state index contributed by atoms with van der Waals surface area (Å²) in [5.41, 5.74) is 3.87. The van der Waals surface area contributed by atoms with Gasteiger partial charge >= 0.3 is 0 Å². The lowest BCUT2D eigenvalue weighted by molar-refractivity contribution is 0.860. The predicted octanol–water partition coefficient (Wildman–Crippen LogP) is 3.87. The highest BCUT2D eigenvalue weighted by atomic mass is 14.6. The van der Waals surface area contributed by atoms with Gasteiger partial charge in [-0.05, 0) is 28.7 Å². The van der Waals surface area contributed by atoms with Crippen molar-refractivity contribution in [3.63, 3.8) is 0 Å². The van der Waals surface area contributed by atoms with Gasteiger partial charge < -0.3 is 0 Å². The number of benzene rings is 1. The lowest BCUT2D eigenvalue weighted by Crippen LogP contribution is -1.93. The summed E-state index contributed by atoms with van der Waals surface area (Å²) < 4.78 is 0. The van der Waals surface area contributed by atoms with Crippen LogP contribution >= 0.6 is 0 Å². The summed E-state index contributed by atoms with van der Waals surface area (Å²) in [4.78, 5) is 4.19. The van der Waals surface area contributed by atoms with Crippen LogP contribution < -0.4 is 0 Å². The lowest BCUT2D eigenvalue weighted by Gasteiger charge is -2.11. The van der Waals surface area contributed by atoms with Crippen molar-refractivity contribution in [3.8, 4) is 11.1 Å². The van der Waals surface area contributed by atoms with Gasteiger partial charge in [-0.15, -0.1) is 0 Å². The fourth-order valence-electron chi connectivity index (χ4n) is 1.75. The van der Waals surface area contributed by atoms with Crippen molar-refractivity contribution in [2.75, 3.05) is 0 Å². The molecule has 0 aliphatic heterocycles. The molecule has 0 bridgehead atoms. The zero-order valence-corrected chi connectivity index (χ0v) is 9.14. The van der Waals surface area contributed by atoms with Gasteiger partial charge in [-0.25, -0.2) is 0 Å². The van der Waals surface area contributed by atoms with E-state index >= 15 is 0 Å². The van der Waals surface area contributed by atoms with Crippen molar-refractivity contribution in [3.05, 3.63) is 54.4 Å². The number of hydrogen-bond acceptors (Lipinski definition) is 1. The molecule has 1 heterocycles. The minimum atomic E-state index is 0.508. The van der Waals surface area contributed by atoms with Gasteiger partial charge in [0.2, 0.25) is 0 Å². The summed E-state index contributed by atoms with van der Waals surface area (Å²) in [6, 6.07) is 12.5. The van der Waals surface area contributed by atoms with Crippen LogP contribution in [0.4, 0.5) is 0 Å². The molecule has 1 aromatic heterocycles. The van der Waals surface area contributed by atoms with Gasteiger partial charge in [-0.2, -0.15) is 0 Å². The Morgan fingerprint density at radius 1 is 1.00 bits per heavy atom. The molecular weight excluding hydrogens is 182 g/mol. The molecule has 0 radical (unpaired) electrons. The summed E-state index contributed by atoms with van der Waals surface area (Å²) in [6.45, 7) is 4.40. The van der Waals surface area contributed by atoms with Crippen LogP contribution in [-0.4, -0.2) is 4.98 Å². The number of aromatic nitrogens is 1. The summed E-state index contributed by atoms with van der Waals surface area (Å²) in [6.07, 6.45) is 3.82. The highest BCUT2D eigenvalue weighted by molar-refractivity contribution is 5.67. The number of hydrogen-bond donors (Lipinski definition) is 0. The number of nitrogens with zero attached hydrogens (tertiary/aromatic N) is 1. The monoisotopic (exact) mass is 197 g/mol. The van der Waals surface area contributed by atoms with Crippen molar-refractivity contribution >= 4 is 0 Å². The summed E-state index contributed by atoms with van der Waals surface area (Å²) in [5.74, 6) is 0.508. The van der Waals surface area contributed by atoms with E-state index < -0.39 is 0 Å². The third kappa shape index (κ3) is 2.07. The molecule has 0 amide bonds. The average Bonchev–Trinajstić information content (AvgIpc) is 2.30. The second-order valence-corrected chi connectivity index (χ2v) is 3.98. The van der Waals surface area contributed by atoms with Crippen LogP contribution in [0.2, 0.25) is 0 Å². The van der Waals surface area contributed by atoms with Crippen LogP contribution in [0.15, 0.2) is 48.8 Å². The van der Waals surface area contributed by atoms with Gasteiger partial charge in [0.05, 0.1) is 0 Å². The second kappa shape index (κ2) is 4.26. The molecule has 1 nitrogen and oxygen atoms in total. The minimum absolute atomic E-state index is 0.508. The van der Waals surface area contributed by atoms with E-state index in [4.69, 9.17) is 0 Å². The Labute approximate surface area is 90.8 Å². The summed E-state index contributed by atoms with van der Waals surface area (Å²) >= 11 is 0. The third-order valence-electron chi connectivity index (χ3n) is 2.56. The van der Waals surface area contributed by atoms with Crippen LogP contribution in [0.25, 0.3) is 11.1 Å². The van der Waals surface area contributed by atoms with E-state index in [2.05, 4.69) is 49.2 Å². The van der Waals surface area contributed by atoms with Crippen LogP contribution in [0, 0.1) is 0 Å².